The van der Waals surface area contributed by atoms with Gasteiger partial charge >= 0.3 is 0 Å². The molecule has 1 aliphatic heterocycles. The van der Waals surface area contributed by atoms with Crippen LogP contribution in [-0.4, -0.2) is 41.1 Å². The molecule has 1 amide bonds. The van der Waals surface area contributed by atoms with Gasteiger partial charge in [0.25, 0.3) is 5.91 Å². The highest BCUT2D eigenvalue weighted by Crippen LogP contribution is 2.37. The van der Waals surface area contributed by atoms with Gasteiger partial charge in [0.2, 0.25) is 0 Å². The fourth-order valence-corrected chi connectivity index (χ4v) is 2.99. The standard InChI is InChI=1S/C13H18BrN3O/c1-9-7-16(5-4-15-9)13(18)12-6-10(14)8-17(12)11-2-3-11/h6,8-9,11,15H,2-5,7H2,1H3/t9-/m0/s1. The van der Waals surface area contributed by atoms with Crippen LogP contribution >= 0.6 is 15.9 Å². The number of nitrogens with one attached hydrogen (secondary N) is 1. The number of halogens is 1. The Balaban J connectivity index is 1.82. The molecule has 2 aliphatic rings. The molecule has 1 aromatic heterocycles. The van der Waals surface area contributed by atoms with E-state index < -0.39 is 0 Å². The maximum atomic E-state index is 12.6. The number of rotatable bonds is 2. The van der Waals surface area contributed by atoms with Crippen LogP contribution < -0.4 is 5.32 Å². The Hall–Kier alpha value is -0.810. The second kappa shape index (κ2) is 4.70. The topological polar surface area (TPSA) is 37.3 Å². The quantitative estimate of drug-likeness (QED) is 0.907. The Morgan fingerprint density at radius 1 is 1.50 bits per heavy atom. The summed E-state index contributed by atoms with van der Waals surface area (Å²) in [6.07, 6.45) is 4.43. The Bertz CT molecular complexity index is 467. The lowest BCUT2D eigenvalue weighted by molar-refractivity contribution is 0.0698. The van der Waals surface area contributed by atoms with Crippen LogP contribution in [0.5, 0.6) is 0 Å². The molecule has 0 radical (unpaired) electrons. The molecular formula is C13H18BrN3O. The third kappa shape index (κ3) is 2.34. The summed E-state index contributed by atoms with van der Waals surface area (Å²) >= 11 is 3.48. The molecule has 0 aromatic carbocycles. The minimum Gasteiger partial charge on any atom is -0.339 e. The van der Waals surface area contributed by atoms with Gasteiger partial charge in [0, 0.05) is 42.4 Å². The number of hydrogen-bond acceptors (Lipinski definition) is 2. The number of hydrogen-bond donors (Lipinski definition) is 1. The molecule has 1 aromatic rings. The number of amides is 1. The molecule has 2 fully saturated rings. The van der Waals surface area contributed by atoms with E-state index in [4.69, 9.17) is 0 Å². The lowest BCUT2D eigenvalue weighted by atomic mass is 10.2. The number of piperazine rings is 1. The normalized spacial score (nSPS) is 24.3. The van der Waals surface area contributed by atoms with Crippen LogP contribution in [0.25, 0.3) is 0 Å². The molecule has 0 spiro atoms. The summed E-state index contributed by atoms with van der Waals surface area (Å²) in [7, 11) is 0. The van der Waals surface area contributed by atoms with Crippen molar-refractivity contribution in [2.45, 2.75) is 31.8 Å². The zero-order valence-corrected chi connectivity index (χ0v) is 12.1. The van der Waals surface area contributed by atoms with Gasteiger partial charge in [0.05, 0.1) is 0 Å². The van der Waals surface area contributed by atoms with E-state index in [1.165, 1.54) is 12.8 Å². The molecule has 1 atom stereocenters. The Kier molecular flexibility index (Phi) is 3.20. The summed E-state index contributed by atoms with van der Waals surface area (Å²) in [5, 5.41) is 3.36. The van der Waals surface area contributed by atoms with Gasteiger partial charge < -0.3 is 14.8 Å². The van der Waals surface area contributed by atoms with Crippen molar-refractivity contribution in [2.24, 2.45) is 0 Å². The summed E-state index contributed by atoms with van der Waals surface area (Å²) in [6.45, 7) is 4.61. The fourth-order valence-electron chi connectivity index (χ4n) is 2.55. The Morgan fingerprint density at radius 3 is 2.94 bits per heavy atom. The third-order valence-electron chi connectivity index (χ3n) is 3.63. The van der Waals surface area contributed by atoms with E-state index in [0.29, 0.717) is 12.1 Å². The van der Waals surface area contributed by atoms with Crippen LogP contribution in [-0.2, 0) is 0 Å². The summed E-state index contributed by atoms with van der Waals surface area (Å²) in [4.78, 5) is 14.5. The molecule has 4 nitrogen and oxygen atoms in total. The summed E-state index contributed by atoms with van der Waals surface area (Å²) in [6, 6.07) is 2.87. The molecule has 0 bridgehead atoms. The smallest absolute Gasteiger partial charge is 0.270 e. The highest BCUT2D eigenvalue weighted by Gasteiger charge is 2.30. The Labute approximate surface area is 115 Å². The molecule has 0 unspecified atom stereocenters. The predicted molar refractivity (Wildman–Crippen MR) is 73.8 cm³/mol. The van der Waals surface area contributed by atoms with Crippen LogP contribution in [0, 0.1) is 0 Å². The van der Waals surface area contributed by atoms with Crippen molar-refractivity contribution < 1.29 is 4.79 Å². The number of nitrogens with zero attached hydrogens (tertiary/aromatic N) is 2. The van der Waals surface area contributed by atoms with Gasteiger partial charge in [0.15, 0.2) is 0 Å². The van der Waals surface area contributed by atoms with Crippen molar-refractivity contribution in [2.75, 3.05) is 19.6 Å². The van der Waals surface area contributed by atoms with E-state index in [9.17, 15) is 4.79 Å². The number of carbonyl (C=O) groups excluding carboxylic acids is 1. The van der Waals surface area contributed by atoms with Crippen molar-refractivity contribution in [3.8, 4) is 0 Å². The van der Waals surface area contributed by atoms with E-state index in [-0.39, 0.29) is 5.91 Å². The second-order valence-corrected chi connectivity index (χ2v) is 6.20. The predicted octanol–water partition coefficient (Wildman–Crippen LogP) is 2.02. The van der Waals surface area contributed by atoms with Gasteiger partial charge in [-0.25, -0.2) is 0 Å². The van der Waals surface area contributed by atoms with Crippen LogP contribution in [0.4, 0.5) is 0 Å². The first-order valence-corrected chi connectivity index (χ1v) is 7.34. The molecular weight excluding hydrogens is 294 g/mol. The minimum absolute atomic E-state index is 0.168. The zero-order chi connectivity index (χ0) is 12.7. The molecule has 1 saturated heterocycles. The fraction of sp³-hybridized carbons (Fsp3) is 0.615. The van der Waals surface area contributed by atoms with Gasteiger partial charge in [-0.3, -0.25) is 4.79 Å². The van der Waals surface area contributed by atoms with Crippen molar-refractivity contribution in [1.29, 1.82) is 0 Å². The van der Waals surface area contributed by atoms with Crippen LogP contribution in [0.2, 0.25) is 0 Å². The number of carbonyl (C=O) groups is 1. The average Bonchev–Trinajstić information content (AvgIpc) is 3.12. The first-order valence-electron chi connectivity index (χ1n) is 6.55. The molecule has 1 aliphatic carbocycles. The van der Waals surface area contributed by atoms with Gasteiger partial charge in [-0.15, -0.1) is 0 Å². The molecule has 2 heterocycles. The van der Waals surface area contributed by atoms with Crippen molar-refractivity contribution in [3.05, 3.63) is 22.4 Å². The van der Waals surface area contributed by atoms with E-state index >= 15 is 0 Å². The lowest BCUT2D eigenvalue weighted by Crippen LogP contribution is -2.51. The monoisotopic (exact) mass is 311 g/mol. The van der Waals surface area contributed by atoms with Crippen LogP contribution in [0.3, 0.4) is 0 Å². The molecule has 1 N–H and O–H groups in total. The molecule has 18 heavy (non-hydrogen) atoms. The highest BCUT2D eigenvalue weighted by molar-refractivity contribution is 9.10. The SMILES string of the molecule is C[C@H]1CN(C(=O)c2cc(Br)cn2C2CC2)CCN1. The minimum atomic E-state index is 0.168. The van der Waals surface area contributed by atoms with Gasteiger partial charge in [-0.2, -0.15) is 0 Å². The third-order valence-corrected chi connectivity index (χ3v) is 4.06. The molecule has 1 saturated carbocycles. The van der Waals surface area contributed by atoms with Crippen LogP contribution in [0.1, 0.15) is 36.3 Å². The van der Waals surface area contributed by atoms with E-state index in [2.05, 4.69) is 32.7 Å². The van der Waals surface area contributed by atoms with E-state index in [0.717, 1.165) is 29.8 Å². The summed E-state index contributed by atoms with van der Waals surface area (Å²) in [5.41, 5.74) is 0.832. The summed E-state index contributed by atoms with van der Waals surface area (Å²) in [5.74, 6) is 0.168. The highest BCUT2D eigenvalue weighted by atomic mass is 79.9. The van der Waals surface area contributed by atoms with E-state index in [1.807, 2.05) is 17.2 Å². The van der Waals surface area contributed by atoms with Gasteiger partial charge in [-0.1, -0.05) is 0 Å². The largest absolute Gasteiger partial charge is 0.339 e. The second-order valence-electron chi connectivity index (χ2n) is 5.29. The molecule has 98 valence electrons. The van der Waals surface area contributed by atoms with Crippen molar-refractivity contribution in [1.82, 2.24) is 14.8 Å². The van der Waals surface area contributed by atoms with Crippen molar-refractivity contribution in [3.63, 3.8) is 0 Å². The zero-order valence-electron chi connectivity index (χ0n) is 10.5. The molecule has 5 heteroatoms. The lowest BCUT2D eigenvalue weighted by Gasteiger charge is -2.32. The van der Waals surface area contributed by atoms with Crippen molar-refractivity contribution >= 4 is 21.8 Å². The maximum absolute atomic E-state index is 12.6. The van der Waals surface area contributed by atoms with Crippen LogP contribution in [0.15, 0.2) is 16.7 Å². The maximum Gasteiger partial charge on any atom is 0.270 e. The van der Waals surface area contributed by atoms with Gasteiger partial charge in [0.1, 0.15) is 5.69 Å². The summed E-state index contributed by atoms with van der Waals surface area (Å²) < 4.78 is 3.14. The Morgan fingerprint density at radius 2 is 2.28 bits per heavy atom. The van der Waals surface area contributed by atoms with E-state index in [1.54, 1.807) is 0 Å². The first kappa shape index (κ1) is 12.2. The molecule has 3 rings (SSSR count). The number of aromatic nitrogens is 1. The first-order chi connectivity index (χ1) is 8.65. The van der Waals surface area contributed by atoms with Gasteiger partial charge in [-0.05, 0) is 41.8 Å². The average molecular weight is 312 g/mol.